The summed E-state index contributed by atoms with van der Waals surface area (Å²) in [6.45, 7) is 13.4. The van der Waals surface area contributed by atoms with Crippen molar-refractivity contribution in [3.05, 3.63) is 0 Å². The van der Waals surface area contributed by atoms with Crippen LogP contribution in [0.2, 0.25) is 0 Å². The molecule has 4 unspecified atom stereocenters. The van der Waals surface area contributed by atoms with Crippen LogP contribution in [-0.4, -0.2) is 36.6 Å². The standard InChI is InChI=1S/C16H32N2/c1-5-9-17-16-8-10-18(14(4)13(16)3)11-12(2)15-6-7-15/h12-17H,5-11H2,1-4H3. The predicted octanol–water partition coefficient (Wildman–Crippen LogP) is 3.13. The van der Waals surface area contributed by atoms with E-state index in [1.54, 1.807) is 0 Å². The Hall–Kier alpha value is -0.0800. The SMILES string of the molecule is CCCNC1CCN(CC(C)C2CC2)C(C)C1C. The molecule has 1 saturated heterocycles. The van der Waals surface area contributed by atoms with E-state index in [0.717, 1.165) is 29.8 Å². The van der Waals surface area contributed by atoms with Crippen molar-refractivity contribution in [2.45, 2.75) is 65.5 Å². The van der Waals surface area contributed by atoms with Gasteiger partial charge in [0.1, 0.15) is 0 Å². The molecule has 1 N–H and O–H groups in total. The van der Waals surface area contributed by atoms with Crippen LogP contribution >= 0.6 is 0 Å². The Kier molecular flexibility index (Phi) is 5.08. The number of nitrogens with one attached hydrogen (secondary N) is 1. The molecule has 0 bridgehead atoms. The lowest BCUT2D eigenvalue weighted by Crippen LogP contribution is -2.54. The Balaban J connectivity index is 1.80. The molecule has 2 heteroatoms. The molecule has 2 fully saturated rings. The summed E-state index contributed by atoms with van der Waals surface area (Å²) in [6, 6.07) is 1.49. The molecule has 1 aliphatic heterocycles. The second kappa shape index (κ2) is 6.38. The molecule has 0 amide bonds. The monoisotopic (exact) mass is 252 g/mol. The minimum absolute atomic E-state index is 0.743. The normalized spacial score (nSPS) is 35.7. The van der Waals surface area contributed by atoms with Gasteiger partial charge in [0.05, 0.1) is 0 Å². The lowest BCUT2D eigenvalue weighted by Gasteiger charge is -2.44. The number of rotatable bonds is 6. The highest BCUT2D eigenvalue weighted by Crippen LogP contribution is 2.37. The zero-order chi connectivity index (χ0) is 13.1. The molecule has 106 valence electrons. The Labute approximate surface area is 114 Å². The van der Waals surface area contributed by atoms with Gasteiger partial charge in [-0.3, -0.25) is 0 Å². The highest BCUT2D eigenvalue weighted by Gasteiger charge is 2.35. The first-order chi connectivity index (χ1) is 8.63. The van der Waals surface area contributed by atoms with E-state index in [-0.39, 0.29) is 0 Å². The van der Waals surface area contributed by atoms with Crippen LogP contribution in [0.3, 0.4) is 0 Å². The summed E-state index contributed by atoms with van der Waals surface area (Å²) >= 11 is 0. The molecule has 0 radical (unpaired) electrons. The van der Waals surface area contributed by atoms with Crippen LogP contribution in [0.25, 0.3) is 0 Å². The summed E-state index contributed by atoms with van der Waals surface area (Å²) in [5.41, 5.74) is 0. The third-order valence-electron chi connectivity index (χ3n) is 5.30. The molecule has 0 aromatic heterocycles. The van der Waals surface area contributed by atoms with Crippen LogP contribution in [-0.2, 0) is 0 Å². The van der Waals surface area contributed by atoms with Crippen molar-refractivity contribution in [3.63, 3.8) is 0 Å². The van der Waals surface area contributed by atoms with Crippen molar-refractivity contribution in [3.8, 4) is 0 Å². The fourth-order valence-corrected chi connectivity index (χ4v) is 3.50. The van der Waals surface area contributed by atoms with Gasteiger partial charge in [-0.2, -0.15) is 0 Å². The zero-order valence-corrected chi connectivity index (χ0v) is 12.8. The van der Waals surface area contributed by atoms with Crippen molar-refractivity contribution < 1.29 is 0 Å². The lowest BCUT2D eigenvalue weighted by molar-refractivity contribution is 0.0696. The first kappa shape index (κ1) is 14.3. The van der Waals surface area contributed by atoms with Gasteiger partial charge in [-0.05, 0) is 63.5 Å². The minimum atomic E-state index is 0.743. The van der Waals surface area contributed by atoms with Gasteiger partial charge >= 0.3 is 0 Å². The lowest BCUT2D eigenvalue weighted by atomic mass is 9.86. The van der Waals surface area contributed by atoms with Crippen molar-refractivity contribution in [1.29, 1.82) is 0 Å². The number of nitrogens with zero attached hydrogens (tertiary/aromatic N) is 1. The van der Waals surface area contributed by atoms with Gasteiger partial charge in [0, 0.05) is 18.6 Å². The van der Waals surface area contributed by atoms with E-state index in [0.29, 0.717) is 0 Å². The van der Waals surface area contributed by atoms with E-state index >= 15 is 0 Å². The summed E-state index contributed by atoms with van der Waals surface area (Å²) in [4.78, 5) is 2.75. The Morgan fingerprint density at radius 1 is 1.22 bits per heavy atom. The van der Waals surface area contributed by atoms with Crippen molar-refractivity contribution in [2.75, 3.05) is 19.6 Å². The molecular formula is C16H32N2. The number of hydrogen-bond donors (Lipinski definition) is 1. The van der Waals surface area contributed by atoms with Gasteiger partial charge < -0.3 is 10.2 Å². The van der Waals surface area contributed by atoms with E-state index < -0.39 is 0 Å². The van der Waals surface area contributed by atoms with Gasteiger partial charge in [0.15, 0.2) is 0 Å². The van der Waals surface area contributed by atoms with Gasteiger partial charge in [-0.25, -0.2) is 0 Å². The van der Waals surface area contributed by atoms with Crippen LogP contribution in [0, 0.1) is 17.8 Å². The minimum Gasteiger partial charge on any atom is -0.314 e. The van der Waals surface area contributed by atoms with Crippen LogP contribution in [0.4, 0.5) is 0 Å². The fraction of sp³-hybridized carbons (Fsp3) is 1.00. The summed E-state index contributed by atoms with van der Waals surface area (Å²) < 4.78 is 0. The third kappa shape index (κ3) is 3.48. The van der Waals surface area contributed by atoms with Crippen LogP contribution in [0.1, 0.15) is 53.4 Å². The molecule has 0 aromatic rings. The summed E-state index contributed by atoms with van der Waals surface area (Å²) in [5, 5.41) is 3.73. The molecule has 1 saturated carbocycles. The number of hydrogen-bond acceptors (Lipinski definition) is 2. The predicted molar refractivity (Wildman–Crippen MR) is 78.8 cm³/mol. The molecule has 2 aliphatic rings. The second-order valence-corrected chi connectivity index (χ2v) is 6.76. The molecule has 18 heavy (non-hydrogen) atoms. The van der Waals surface area contributed by atoms with E-state index in [1.165, 1.54) is 45.3 Å². The molecule has 4 atom stereocenters. The summed E-state index contributed by atoms with van der Waals surface area (Å²) in [7, 11) is 0. The maximum atomic E-state index is 3.73. The molecule has 2 nitrogen and oxygen atoms in total. The average molecular weight is 252 g/mol. The highest BCUT2D eigenvalue weighted by molar-refractivity contribution is 4.90. The van der Waals surface area contributed by atoms with E-state index in [2.05, 4.69) is 37.9 Å². The van der Waals surface area contributed by atoms with Crippen LogP contribution in [0.5, 0.6) is 0 Å². The van der Waals surface area contributed by atoms with Crippen molar-refractivity contribution in [1.82, 2.24) is 10.2 Å². The van der Waals surface area contributed by atoms with Crippen molar-refractivity contribution >= 4 is 0 Å². The Morgan fingerprint density at radius 2 is 1.94 bits per heavy atom. The van der Waals surface area contributed by atoms with Gasteiger partial charge in [0.2, 0.25) is 0 Å². The summed E-state index contributed by atoms with van der Waals surface area (Å²) in [6.07, 6.45) is 5.56. The smallest absolute Gasteiger partial charge is 0.0120 e. The summed E-state index contributed by atoms with van der Waals surface area (Å²) in [5.74, 6) is 2.75. The molecule has 0 spiro atoms. The third-order valence-corrected chi connectivity index (χ3v) is 5.30. The zero-order valence-electron chi connectivity index (χ0n) is 12.8. The topological polar surface area (TPSA) is 15.3 Å². The molecule has 1 aliphatic carbocycles. The molecule has 0 aromatic carbocycles. The number of piperidine rings is 1. The quantitative estimate of drug-likeness (QED) is 0.781. The van der Waals surface area contributed by atoms with Gasteiger partial charge in [-0.15, -0.1) is 0 Å². The molecular weight excluding hydrogens is 220 g/mol. The van der Waals surface area contributed by atoms with Gasteiger partial charge in [-0.1, -0.05) is 20.8 Å². The maximum absolute atomic E-state index is 3.73. The Bertz CT molecular complexity index is 249. The fourth-order valence-electron chi connectivity index (χ4n) is 3.50. The van der Waals surface area contributed by atoms with E-state index in [1.807, 2.05) is 0 Å². The van der Waals surface area contributed by atoms with E-state index in [4.69, 9.17) is 0 Å². The van der Waals surface area contributed by atoms with E-state index in [9.17, 15) is 0 Å². The van der Waals surface area contributed by atoms with Crippen molar-refractivity contribution in [2.24, 2.45) is 17.8 Å². The second-order valence-electron chi connectivity index (χ2n) is 6.76. The Morgan fingerprint density at radius 3 is 2.56 bits per heavy atom. The first-order valence-electron chi connectivity index (χ1n) is 8.11. The van der Waals surface area contributed by atoms with Crippen LogP contribution in [0.15, 0.2) is 0 Å². The molecule has 2 rings (SSSR count). The van der Waals surface area contributed by atoms with Crippen LogP contribution < -0.4 is 5.32 Å². The first-order valence-corrected chi connectivity index (χ1v) is 8.11. The largest absolute Gasteiger partial charge is 0.314 e. The van der Waals surface area contributed by atoms with Gasteiger partial charge in [0.25, 0.3) is 0 Å². The number of likely N-dealkylation sites (tertiary alicyclic amines) is 1. The average Bonchev–Trinajstić information content (AvgIpc) is 3.18. The molecule has 1 heterocycles. The maximum Gasteiger partial charge on any atom is 0.0120 e. The highest BCUT2D eigenvalue weighted by atomic mass is 15.2.